The number of rotatable bonds is 10. The van der Waals surface area contributed by atoms with Gasteiger partial charge in [-0.15, -0.1) is 0 Å². The number of nitrogens with one attached hydrogen (secondary N) is 2. The summed E-state index contributed by atoms with van der Waals surface area (Å²) in [4.78, 5) is 17.0. The van der Waals surface area contributed by atoms with Gasteiger partial charge in [-0.05, 0) is 67.3 Å². The van der Waals surface area contributed by atoms with Crippen LogP contribution in [0.3, 0.4) is 0 Å². The molecule has 0 saturated carbocycles. The molecule has 0 radical (unpaired) electrons. The minimum absolute atomic E-state index is 0.0819. The number of carbonyl (C=O) groups excluding carboxylic acids is 1. The lowest BCUT2D eigenvalue weighted by molar-refractivity contribution is -0.122. The zero-order chi connectivity index (χ0) is 23.0. The third kappa shape index (κ3) is 6.38. The van der Waals surface area contributed by atoms with E-state index in [1.165, 1.54) is 6.07 Å². The van der Waals surface area contributed by atoms with Gasteiger partial charge >= 0.3 is 0 Å². The highest BCUT2D eigenvalue weighted by molar-refractivity contribution is 7.89. The summed E-state index contributed by atoms with van der Waals surface area (Å²) in [7, 11) is -3.94. The van der Waals surface area contributed by atoms with Crippen LogP contribution in [0, 0.1) is 6.92 Å². The molecule has 3 rings (SSSR count). The molecule has 0 bridgehead atoms. The van der Waals surface area contributed by atoms with E-state index in [1.54, 1.807) is 43.6 Å². The predicted molar refractivity (Wildman–Crippen MR) is 123 cm³/mol. The van der Waals surface area contributed by atoms with E-state index in [2.05, 4.69) is 15.0 Å². The Morgan fingerprint density at radius 3 is 2.41 bits per heavy atom. The van der Waals surface area contributed by atoms with Crippen molar-refractivity contribution < 1.29 is 17.9 Å². The maximum atomic E-state index is 13.1. The number of pyridine rings is 1. The SMILES string of the molecule is CCOc1ccc(S(=O)(=O)N[C@@H](Cc2ccccc2)C(=O)NCc2ccncc2)cc1C. The molecule has 0 fully saturated rings. The molecule has 0 aliphatic rings. The van der Waals surface area contributed by atoms with Crippen LogP contribution in [0.15, 0.2) is 78.0 Å². The first kappa shape index (κ1) is 23.4. The van der Waals surface area contributed by atoms with E-state index in [0.29, 0.717) is 17.9 Å². The zero-order valence-electron chi connectivity index (χ0n) is 18.1. The molecule has 3 aromatic rings. The van der Waals surface area contributed by atoms with Crippen molar-refractivity contribution >= 4 is 15.9 Å². The molecule has 1 aromatic heterocycles. The predicted octanol–water partition coefficient (Wildman–Crippen LogP) is 2.99. The lowest BCUT2D eigenvalue weighted by Crippen LogP contribution is -2.47. The fraction of sp³-hybridized carbons (Fsp3) is 0.250. The molecule has 0 aliphatic carbocycles. The molecular formula is C24H27N3O4S. The number of aromatic nitrogens is 1. The third-order valence-electron chi connectivity index (χ3n) is 4.87. The quantitative estimate of drug-likeness (QED) is 0.492. The number of sulfonamides is 1. The van der Waals surface area contributed by atoms with Crippen molar-refractivity contribution in [3.8, 4) is 5.75 Å². The van der Waals surface area contributed by atoms with E-state index < -0.39 is 22.0 Å². The lowest BCUT2D eigenvalue weighted by Gasteiger charge is -2.19. The van der Waals surface area contributed by atoms with E-state index >= 15 is 0 Å². The highest BCUT2D eigenvalue weighted by Gasteiger charge is 2.26. The maximum absolute atomic E-state index is 13.1. The van der Waals surface area contributed by atoms with Gasteiger partial charge in [-0.2, -0.15) is 4.72 Å². The van der Waals surface area contributed by atoms with Crippen molar-refractivity contribution in [3.05, 3.63) is 89.7 Å². The topological polar surface area (TPSA) is 97.4 Å². The van der Waals surface area contributed by atoms with E-state index in [4.69, 9.17) is 4.74 Å². The van der Waals surface area contributed by atoms with Gasteiger partial charge in [-0.3, -0.25) is 9.78 Å². The number of carbonyl (C=O) groups is 1. The number of hydrogen-bond acceptors (Lipinski definition) is 5. The van der Waals surface area contributed by atoms with Crippen LogP contribution >= 0.6 is 0 Å². The fourth-order valence-corrected chi connectivity index (χ4v) is 4.49. The van der Waals surface area contributed by atoms with Crippen molar-refractivity contribution in [1.82, 2.24) is 15.0 Å². The van der Waals surface area contributed by atoms with Gasteiger partial charge in [-0.25, -0.2) is 8.42 Å². The summed E-state index contributed by atoms with van der Waals surface area (Å²) in [5, 5.41) is 2.82. The molecule has 32 heavy (non-hydrogen) atoms. The molecule has 0 unspecified atom stereocenters. The van der Waals surface area contributed by atoms with Crippen LogP contribution in [0.4, 0.5) is 0 Å². The van der Waals surface area contributed by atoms with E-state index in [9.17, 15) is 13.2 Å². The number of amides is 1. The summed E-state index contributed by atoms with van der Waals surface area (Å²) in [6, 6.07) is 16.6. The van der Waals surface area contributed by atoms with Crippen LogP contribution in [0.1, 0.15) is 23.6 Å². The summed E-state index contributed by atoms with van der Waals surface area (Å²) in [5.74, 6) is 0.222. The summed E-state index contributed by atoms with van der Waals surface area (Å²) >= 11 is 0. The standard InChI is InChI=1S/C24H27N3O4S/c1-3-31-23-10-9-21(15-18(23)2)32(29,30)27-22(16-19-7-5-4-6-8-19)24(28)26-17-20-11-13-25-14-12-20/h4-15,22,27H,3,16-17H2,1-2H3,(H,26,28)/t22-/m0/s1. The van der Waals surface area contributed by atoms with Crippen LogP contribution in [-0.2, 0) is 27.8 Å². The smallest absolute Gasteiger partial charge is 0.241 e. The van der Waals surface area contributed by atoms with Crippen molar-refractivity contribution in [1.29, 1.82) is 0 Å². The second kappa shape index (κ2) is 10.9. The summed E-state index contributed by atoms with van der Waals surface area (Å²) in [6.45, 7) is 4.41. The van der Waals surface area contributed by atoms with Crippen LogP contribution in [-0.4, -0.2) is 32.0 Å². The first-order chi connectivity index (χ1) is 15.4. The van der Waals surface area contributed by atoms with Gasteiger partial charge in [0, 0.05) is 18.9 Å². The van der Waals surface area contributed by atoms with Gasteiger partial charge in [-0.1, -0.05) is 30.3 Å². The average Bonchev–Trinajstić information content (AvgIpc) is 2.79. The Balaban J connectivity index is 1.80. The zero-order valence-corrected chi connectivity index (χ0v) is 18.9. The van der Waals surface area contributed by atoms with Crippen LogP contribution < -0.4 is 14.8 Å². The highest BCUT2D eigenvalue weighted by Crippen LogP contribution is 2.22. The summed E-state index contributed by atoms with van der Waals surface area (Å²) < 4.78 is 34.3. The number of nitrogens with zero attached hydrogens (tertiary/aromatic N) is 1. The Morgan fingerprint density at radius 2 is 1.75 bits per heavy atom. The Bertz CT molecular complexity index is 1140. The molecule has 8 heteroatoms. The molecule has 168 valence electrons. The number of benzene rings is 2. The third-order valence-corrected chi connectivity index (χ3v) is 6.34. The highest BCUT2D eigenvalue weighted by atomic mass is 32.2. The minimum Gasteiger partial charge on any atom is -0.494 e. The molecule has 2 N–H and O–H groups in total. The molecule has 1 heterocycles. The Kier molecular flexibility index (Phi) is 7.97. The van der Waals surface area contributed by atoms with Crippen LogP contribution in [0.5, 0.6) is 5.75 Å². The van der Waals surface area contributed by atoms with E-state index in [1.807, 2.05) is 37.3 Å². The van der Waals surface area contributed by atoms with Crippen LogP contribution in [0.25, 0.3) is 0 Å². The molecule has 1 amide bonds. The molecule has 2 aromatic carbocycles. The second-order valence-electron chi connectivity index (χ2n) is 7.30. The second-order valence-corrected chi connectivity index (χ2v) is 9.01. The minimum atomic E-state index is -3.94. The molecule has 0 spiro atoms. The Morgan fingerprint density at radius 1 is 1.03 bits per heavy atom. The van der Waals surface area contributed by atoms with Crippen molar-refractivity contribution in [3.63, 3.8) is 0 Å². The van der Waals surface area contributed by atoms with E-state index in [0.717, 1.165) is 11.1 Å². The van der Waals surface area contributed by atoms with Gasteiger partial charge in [0.05, 0.1) is 11.5 Å². The van der Waals surface area contributed by atoms with Crippen molar-refractivity contribution in [2.24, 2.45) is 0 Å². The number of aryl methyl sites for hydroxylation is 1. The van der Waals surface area contributed by atoms with E-state index in [-0.39, 0.29) is 17.9 Å². The monoisotopic (exact) mass is 453 g/mol. The Hall–Kier alpha value is -3.23. The molecular weight excluding hydrogens is 426 g/mol. The largest absolute Gasteiger partial charge is 0.494 e. The van der Waals surface area contributed by atoms with Crippen molar-refractivity contribution in [2.45, 2.75) is 37.8 Å². The molecule has 1 atom stereocenters. The molecule has 0 aliphatic heterocycles. The van der Waals surface area contributed by atoms with Gasteiger partial charge in [0.1, 0.15) is 11.8 Å². The van der Waals surface area contributed by atoms with Gasteiger partial charge in [0.15, 0.2) is 0 Å². The number of ether oxygens (including phenoxy) is 1. The molecule has 0 saturated heterocycles. The number of hydrogen-bond donors (Lipinski definition) is 2. The van der Waals surface area contributed by atoms with Crippen molar-refractivity contribution in [2.75, 3.05) is 6.61 Å². The summed E-state index contributed by atoms with van der Waals surface area (Å²) in [6.07, 6.45) is 3.50. The normalized spacial score (nSPS) is 12.2. The average molecular weight is 454 g/mol. The maximum Gasteiger partial charge on any atom is 0.241 e. The lowest BCUT2D eigenvalue weighted by atomic mass is 10.1. The molecule has 7 nitrogen and oxygen atoms in total. The van der Waals surface area contributed by atoms with Gasteiger partial charge < -0.3 is 10.1 Å². The van der Waals surface area contributed by atoms with Gasteiger partial charge in [0.2, 0.25) is 15.9 Å². The Labute approximate surface area is 188 Å². The van der Waals surface area contributed by atoms with Gasteiger partial charge in [0.25, 0.3) is 0 Å². The first-order valence-corrected chi connectivity index (χ1v) is 11.8. The fourth-order valence-electron chi connectivity index (χ4n) is 3.21. The summed E-state index contributed by atoms with van der Waals surface area (Å²) in [5.41, 5.74) is 2.43. The first-order valence-electron chi connectivity index (χ1n) is 10.4. The van der Waals surface area contributed by atoms with Crippen LogP contribution in [0.2, 0.25) is 0 Å².